The number of hydrogen-bond donors (Lipinski definition) is 1. The number of nitrogens with zero attached hydrogens (tertiary/aromatic N) is 6. The predicted octanol–water partition coefficient (Wildman–Crippen LogP) is 3.57. The number of pyridine rings is 3. The number of hydrogen-bond acceptors (Lipinski definition) is 8. The Labute approximate surface area is 210 Å². The molecule has 1 saturated heterocycles. The molecule has 5 rings (SSSR count). The topological polar surface area (TPSA) is 100 Å². The van der Waals surface area contributed by atoms with E-state index in [0.717, 1.165) is 61.1 Å². The number of H-pyrrole nitrogens is 1. The molecule has 0 bridgehead atoms. The van der Waals surface area contributed by atoms with Crippen LogP contribution in [0.3, 0.4) is 0 Å². The molecule has 1 N–H and O–H groups in total. The first kappa shape index (κ1) is 24.0. The molecule has 0 radical (unpaired) electrons. The van der Waals surface area contributed by atoms with Crippen LogP contribution < -0.4 is 0 Å². The quantitative estimate of drug-likeness (QED) is 0.397. The molecule has 4 aromatic rings. The Hall–Kier alpha value is -3.69. The summed E-state index contributed by atoms with van der Waals surface area (Å²) in [6.45, 7) is 11.6. The lowest BCUT2D eigenvalue weighted by atomic mass is 10.1. The molecule has 9 heteroatoms. The minimum Gasteiger partial charge on any atom is -0.461 e. The first-order valence-corrected chi connectivity index (χ1v) is 12.4. The number of nitrogens with one attached hydrogen (secondary N) is 1. The van der Waals surface area contributed by atoms with Gasteiger partial charge in [0.2, 0.25) is 0 Å². The fourth-order valence-electron chi connectivity index (χ4n) is 4.48. The summed E-state index contributed by atoms with van der Waals surface area (Å²) in [6, 6.07) is 11.9. The molecular formula is C27H31N7O2. The molecule has 1 aliphatic heterocycles. The summed E-state index contributed by atoms with van der Waals surface area (Å²) < 4.78 is 5.56. The van der Waals surface area contributed by atoms with Crippen LogP contribution in [-0.2, 0) is 4.74 Å². The van der Waals surface area contributed by atoms with Crippen LogP contribution in [0.4, 0.5) is 0 Å². The van der Waals surface area contributed by atoms with E-state index < -0.39 is 0 Å². The number of ether oxygens (including phenoxy) is 1. The Morgan fingerprint density at radius 3 is 2.64 bits per heavy atom. The van der Waals surface area contributed by atoms with Gasteiger partial charge in [0.1, 0.15) is 6.61 Å². The number of piperazine rings is 1. The Kier molecular flexibility index (Phi) is 7.02. The predicted molar refractivity (Wildman–Crippen MR) is 139 cm³/mol. The first-order valence-electron chi connectivity index (χ1n) is 12.4. The highest BCUT2D eigenvalue weighted by Crippen LogP contribution is 2.29. The number of fused-ring (bicyclic) bond motifs is 1. The highest BCUT2D eigenvalue weighted by atomic mass is 16.5. The number of carbonyl (C=O) groups is 1. The Morgan fingerprint density at radius 2 is 1.86 bits per heavy atom. The summed E-state index contributed by atoms with van der Waals surface area (Å²) in [5.74, 6) is -0.384. The molecule has 0 aliphatic carbocycles. The molecule has 1 aliphatic rings. The van der Waals surface area contributed by atoms with Crippen molar-refractivity contribution in [1.82, 2.24) is 34.9 Å². The number of aromatic nitrogens is 5. The van der Waals surface area contributed by atoms with Crippen LogP contribution >= 0.6 is 0 Å². The van der Waals surface area contributed by atoms with Crippen LogP contribution in [0.15, 0.2) is 48.8 Å². The molecule has 0 amide bonds. The fourth-order valence-corrected chi connectivity index (χ4v) is 4.48. The Bertz CT molecular complexity index is 1360. The van der Waals surface area contributed by atoms with E-state index in [9.17, 15) is 4.79 Å². The summed E-state index contributed by atoms with van der Waals surface area (Å²) in [7, 11) is 0. The van der Waals surface area contributed by atoms with Crippen molar-refractivity contribution < 1.29 is 9.53 Å². The van der Waals surface area contributed by atoms with Crippen molar-refractivity contribution in [2.75, 3.05) is 39.3 Å². The van der Waals surface area contributed by atoms with Crippen molar-refractivity contribution in [3.63, 3.8) is 0 Å². The average Bonchev–Trinajstić information content (AvgIpc) is 3.38. The van der Waals surface area contributed by atoms with Crippen molar-refractivity contribution in [2.45, 2.75) is 26.8 Å². The molecule has 0 unspecified atom stereocenters. The van der Waals surface area contributed by atoms with Crippen LogP contribution in [-0.4, -0.2) is 86.3 Å². The van der Waals surface area contributed by atoms with Gasteiger partial charge in [-0.3, -0.25) is 24.9 Å². The van der Waals surface area contributed by atoms with Crippen LogP contribution in [0.25, 0.3) is 33.7 Å². The van der Waals surface area contributed by atoms with Gasteiger partial charge in [-0.1, -0.05) is 6.07 Å². The zero-order chi connectivity index (χ0) is 25.1. The van der Waals surface area contributed by atoms with E-state index in [2.05, 4.69) is 43.8 Å². The monoisotopic (exact) mass is 485 g/mol. The van der Waals surface area contributed by atoms with Gasteiger partial charge in [0, 0.05) is 56.2 Å². The lowest BCUT2D eigenvalue weighted by Gasteiger charge is -2.36. The lowest BCUT2D eigenvalue weighted by Crippen LogP contribution is -2.49. The number of aryl methyl sites for hydroxylation is 1. The third kappa shape index (κ3) is 5.27. The first-order chi connectivity index (χ1) is 17.5. The number of rotatable bonds is 7. The molecular weight excluding hydrogens is 454 g/mol. The number of carbonyl (C=O) groups excluding carboxylic acids is 1. The van der Waals surface area contributed by atoms with Gasteiger partial charge in [-0.05, 0) is 51.1 Å². The van der Waals surface area contributed by atoms with Crippen molar-refractivity contribution in [3.8, 4) is 22.6 Å². The summed E-state index contributed by atoms with van der Waals surface area (Å²) in [6.07, 6.45) is 3.29. The van der Waals surface area contributed by atoms with Gasteiger partial charge in [0.05, 0.1) is 39.9 Å². The summed E-state index contributed by atoms with van der Waals surface area (Å²) in [4.78, 5) is 31.3. The molecule has 186 valence electrons. The van der Waals surface area contributed by atoms with Crippen molar-refractivity contribution in [2.24, 2.45) is 0 Å². The molecule has 1 fully saturated rings. The highest BCUT2D eigenvalue weighted by Gasteiger charge is 2.19. The van der Waals surface area contributed by atoms with E-state index in [4.69, 9.17) is 9.72 Å². The maximum atomic E-state index is 12.7. The van der Waals surface area contributed by atoms with Crippen molar-refractivity contribution in [1.29, 1.82) is 0 Å². The molecule has 0 spiro atoms. The smallest absolute Gasteiger partial charge is 0.339 e. The largest absolute Gasteiger partial charge is 0.461 e. The van der Waals surface area contributed by atoms with Crippen molar-refractivity contribution in [3.05, 3.63) is 60.0 Å². The standard InChI is InChI=1S/C27H31N7O2/c1-18(2)34-11-9-33(10-12-34)13-14-36-27(35)20-15-25-23(28-16-20)8-7-22(31-25)21-17-29-32-26(21)24-6-4-5-19(3)30-24/h4-8,15-18H,9-14H2,1-3H3,(H,29,32). The Morgan fingerprint density at radius 1 is 1.03 bits per heavy atom. The summed E-state index contributed by atoms with van der Waals surface area (Å²) in [5.41, 5.74) is 5.79. The van der Waals surface area contributed by atoms with E-state index in [1.54, 1.807) is 18.5 Å². The van der Waals surface area contributed by atoms with Gasteiger partial charge in [-0.2, -0.15) is 5.10 Å². The highest BCUT2D eigenvalue weighted by molar-refractivity contribution is 5.93. The molecule has 0 saturated carbocycles. The average molecular weight is 486 g/mol. The molecule has 9 nitrogen and oxygen atoms in total. The second-order valence-electron chi connectivity index (χ2n) is 9.39. The van der Waals surface area contributed by atoms with Gasteiger partial charge in [0.25, 0.3) is 0 Å². The maximum Gasteiger partial charge on any atom is 0.339 e. The molecule has 5 heterocycles. The van der Waals surface area contributed by atoms with Gasteiger partial charge >= 0.3 is 5.97 Å². The van der Waals surface area contributed by atoms with Crippen LogP contribution in [0.1, 0.15) is 29.9 Å². The van der Waals surface area contributed by atoms with Crippen LogP contribution in [0.2, 0.25) is 0 Å². The summed E-state index contributed by atoms with van der Waals surface area (Å²) >= 11 is 0. The van der Waals surface area contributed by atoms with Gasteiger partial charge in [0.15, 0.2) is 0 Å². The minimum atomic E-state index is -0.384. The minimum absolute atomic E-state index is 0.355. The van der Waals surface area contributed by atoms with E-state index in [0.29, 0.717) is 29.2 Å². The molecule has 0 atom stereocenters. The van der Waals surface area contributed by atoms with E-state index in [1.807, 2.05) is 37.3 Å². The van der Waals surface area contributed by atoms with Gasteiger partial charge in [-0.15, -0.1) is 0 Å². The summed E-state index contributed by atoms with van der Waals surface area (Å²) in [5, 5.41) is 7.25. The zero-order valence-corrected chi connectivity index (χ0v) is 20.9. The fraction of sp³-hybridized carbons (Fsp3) is 0.370. The SMILES string of the molecule is Cc1cccc(-c2[nH]ncc2-c2ccc3ncc(C(=O)OCCN4CCN(C(C)C)CC4)cc3n2)n1. The van der Waals surface area contributed by atoms with E-state index in [-0.39, 0.29) is 5.97 Å². The van der Waals surface area contributed by atoms with Crippen LogP contribution in [0, 0.1) is 6.92 Å². The molecule has 4 aromatic heterocycles. The lowest BCUT2D eigenvalue weighted by molar-refractivity contribution is 0.0407. The second kappa shape index (κ2) is 10.5. The Balaban J connectivity index is 1.27. The third-order valence-electron chi connectivity index (χ3n) is 6.61. The second-order valence-corrected chi connectivity index (χ2v) is 9.39. The van der Waals surface area contributed by atoms with Gasteiger partial charge < -0.3 is 4.74 Å². The van der Waals surface area contributed by atoms with Gasteiger partial charge in [-0.25, -0.2) is 9.78 Å². The van der Waals surface area contributed by atoms with E-state index >= 15 is 0 Å². The third-order valence-corrected chi connectivity index (χ3v) is 6.61. The van der Waals surface area contributed by atoms with Crippen molar-refractivity contribution >= 4 is 17.0 Å². The van der Waals surface area contributed by atoms with Crippen LogP contribution in [0.5, 0.6) is 0 Å². The normalized spacial score (nSPS) is 15.0. The molecule has 36 heavy (non-hydrogen) atoms. The number of aromatic amines is 1. The number of esters is 1. The molecule has 0 aromatic carbocycles. The van der Waals surface area contributed by atoms with E-state index in [1.165, 1.54) is 0 Å². The zero-order valence-electron chi connectivity index (χ0n) is 20.9. The maximum absolute atomic E-state index is 12.7.